The van der Waals surface area contributed by atoms with Gasteiger partial charge in [-0.3, -0.25) is 0 Å². The van der Waals surface area contributed by atoms with Crippen molar-refractivity contribution in [1.29, 1.82) is 5.26 Å². The summed E-state index contributed by atoms with van der Waals surface area (Å²) >= 11 is 0. The highest BCUT2D eigenvalue weighted by Crippen LogP contribution is 2.32. The molecule has 0 atom stereocenters. The molecule has 4 heteroatoms. The van der Waals surface area contributed by atoms with E-state index < -0.39 is 5.97 Å². The van der Waals surface area contributed by atoms with Crippen LogP contribution in [0.1, 0.15) is 15.9 Å². The fraction of sp³-hybridized carbons (Fsp3) is 0.0526. The molecule has 3 aromatic carbocycles. The van der Waals surface area contributed by atoms with Crippen molar-refractivity contribution in [3.05, 3.63) is 65.7 Å². The van der Waals surface area contributed by atoms with Gasteiger partial charge in [-0.1, -0.05) is 36.4 Å². The Morgan fingerprint density at radius 2 is 1.83 bits per heavy atom. The Kier molecular flexibility index (Phi) is 3.70. The van der Waals surface area contributed by atoms with Crippen molar-refractivity contribution in [3.63, 3.8) is 0 Å². The predicted octanol–water partition coefficient (Wildman–Crippen LogP) is 3.75. The number of nitrogens with two attached hydrogens (primary N) is 1. The van der Waals surface area contributed by atoms with Crippen LogP contribution in [0.2, 0.25) is 0 Å². The number of esters is 1. The smallest absolute Gasteiger partial charge is 0.339 e. The van der Waals surface area contributed by atoms with E-state index in [1.165, 1.54) is 7.11 Å². The second-order valence-electron chi connectivity index (χ2n) is 5.11. The van der Waals surface area contributed by atoms with Crippen LogP contribution >= 0.6 is 0 Å². The molecule has 3 rings (SSSR count). The lowest BCUT2D eigenvalue weighted by molar-refractivity contribution is 0.0602. The highest BCUT2D eigenvalue weighted by atomic mass is 16.5. The molecule has 0 aromatic heterocycles. The molecule has 0 aliphatic rings. The van der Waals surface area contributed by atoms with E-state index in [0.29, 0.717) is 16.8 Å². The van der Waals surface area contributed by atoms with Crippen molar-refractivity contribution < 1.29 is 9.53 Å². The van der Waals surface area contributed by atoms with E-state index in [0.717, 1.165) is 21.9 Å². The van der Waals surface area contributed by atoms with Crippen LogP contribution in [0, 0.1) is 11.3 Å². The lowest BCUT2D eigenvalue weighted by atomic mass is 9.94. The van der Waals surface area contributed by atoms with Crippen molar-refractivity contribution in [2.75, 3.05) is 12.8 Å². The number of ether oxygens (including phenoxy) is 1. The first-order chi connectivity index (χ1) is 11.2. The van der Waals surface area contributed by atoms with Gasteiger partial charge in [-0.05, 0) is 34.7 Å². The Hall–Kier alpha value is -3.32. The first kappa shape index (κ1) is 14.6. The SMILES string of the molecule is COC(=O)c1ccc(-c2ccc(C#N)c3ccccc23)cc1N. The molecule has 112 valence electrons. The Labute approximate surface area is 133 Å². The summed E-state index contributed by atoms with van der Waals surface area (Å²) in [5.41, 5.74) is 9.16. The van der Waals surface area contributed by atoms with Crippen LogP contribution in [0.5, 0.6) is 0 Å². The number of hydrogen-bond donors (Lipinski definition) is 1. The standard InChI is InChI=1S/C19H14N2O2/c1-23-19(22)17-9-6-12(10-18(17)21)15-8-7-13(11-20)14-4-2-3-5-16(14)15/h2-10H,21H2,1H3. The molecule has 0 bridgehead atoms. The van der Waals surface area contributed by atoms with E-state index in [1.54, 1.807) is 18.2 Å². The van der Waals surface area contributed by atoms with E-state index >= 15 is 0 Å². The van der Waals surface area contributed by atoms with Gasteiger partial charge in [-0.2, -0.15) is 5.26 Å². The maximum Gasteiger partial charge on any atom is 0.339 e. The molecule has 4 nitrogen and oxygen atoms in total. The number of fused-ring (bicyclic) bond motifs is 1. The molecule has 0 saturated heterocycles. The van der Waals surface area contributed by atoms with Crippen LogP contribution in [0.25, 0.3) is 21.9 Å². The quantitative estimate of drug-likeness (QED) is 0.578. The summed E-state index contributed by atoms with van der Waals surface area (Å²) in [6.07, 6.45) is 0. The van der Waals surface area contributed by atoms with Gasteiger partial charge in [0.25, 0.3) is 0 Å². The Morgan fingerprint density at radius 1 is 1.09 bits per heavy atom. The molecule has 0 radical (unpaired) electrons. The molecular weight excluding hydrogens is 288 g/mol. The zero-order valence-electron chi connectivity index (χ0n) is 12.5. The van der Waals surface area contributed by atoms with E-state index in [2.05, 4.69) is 6.07 Å². The summed E-state index contributed by atoms with van der Waals surface area (Å²) in [6.45, 7) is 0. The van der Waals surface area contributed by atoms with E-state index in [-0.39, 0.29) is 0 Å². The molecule has 0 amide bonds. The van der Waals surface area contributed by atoms with Crippen LogP contribution < -0.4 is 5.73 Å². The summed E-state index contributed by atoms with van der Waals surface area (Å²) in [4.78, 5) is 11.6. The maximum atomic E-state index is 11.6. The number of methoxy groups -OCH3 is 1. The average Bonchev–Trinajstić information content (AvgIpc) is 2.60. The lowest BCUT2D eigenvalue weighted by Crippen LogP contribution is -2.05. The molecule has 23 heavy (non-hydrogen) atoms. The predicted molar refractivity (Wildman–Crippen MR) is 89.9 cm³/mol. The number of hydrogen-bond acceptors (Lipinski definition) is 4. The summed E-state index contributed by atoms with van der Waals surface area (Å²) in [6, 6.07) is 18.9. The van der Waals surface area contributed by atoms with Gasteiger partial charge >= 0.3 is 5.97 Å². The minimum atomic E-state index is -0.460. The summed E-state index contributed by atoms with van der Waals surface area (Å²) in [5, 5.41) is 11.1. The minimum absolute atomic E-state index is 0.342. The zero-order chi connectivity index (χ0) is 16.4. The number of nitriles is 1. The Morgan fingerprint density at radius 3 is 2.48 bits per heavy atom. The number of carbonyl (C=O) groups excluding carboxylic acids is 1. The number of rotatable bonds is 2. The van der Waals surface area contributed by atoms with Crippen LogP contribution in [-0.4, -0.2) is 13.1 Å². The second kappa shape index (κ2) is 5.82. The molecule has 0 heterocycles. The molecule has 0 saturated carbocycles. The first-order valence-electron chi connectivity index (χ1n) is 7.05. The van der Waals surface area contributed by atoms with Crippen LogP contribution in [-0.2, 0) is 4.74 Å². The summed E-state index contributed by atoms with van der Waals surface area (Å²) in [7, 11) is 1.32. The number of nitrogen functional groups attached to an aromatic ring is 1. The van der Waals surface area contributed by atoms with Gasteiger partial charge in [0.1, 0.15) is 0 Å². The maximum absolute atomic E-state index is 11.6. The molecular formula is C19H14N2O2. The van der Waals surface area contributed by atoms with Gasteiger partial charge in [0.05, 0.1) is 24.3 Å². The zero-order valence-corrected chi connectivity index (χ0v) is 12.5. The number of benzene rings is 3. The largest absolute Gasteiger partial charge is 0.465 e. The number of anilines is 1. The normalized spacial score (nSPS) is 10.3. The molecule has 0 aliphatic carbocycles. The lowest BCUT2D eigenvalue weighted by Gasteiger charge is -2.10. The van der Waals surface area contributed by atoms with Crippen LogP contribution in [0.4, 0.5) is 5.69 Å². The van der Waals surface area contributed by atoms with Crippen molar-refractivity contribution in [1.82, 2.24) is 0 Å². The molecule has 3 aromatic rings. The number of carbonyl (C=O) groups is 1. The van der Waals surface area contributed by atoms with Gasteiger partial charge in [0.15, 0.2) is 0 Å². The van der Waals surface area contributed by atoms with E-state index in [9.17, 15) is 10.1 Å². The molecule has 2 N–H and O–H groups in total. The molecule has 0 unspecified atom stereocenters. The van der Waals surface area contributed by atoms with Gasteiger partial charge in [0.2, 0.25) is 0 Å². The van der Waals surface area contributed by atoms with Gasteiger partial charge < -0.3 is 10.5 Å². The first-order valence-corrected chi connectivity index (χ1v) is 7.05. The molecule has 0 fully saturated rings. The topological polar surface area (TPSA) is 76.1 Å². The van der Waals surface area contributed by atoms with Gasteiger partial charge in [-0.25, -0.2) is 4.79 Å². The van der Waals surface area contributed by atoms with Crippen molar-refractivity contribution >= 4 is 22.4 Å². The third kappa shape index (κ3) is 2.49. The highest BCUT2D eigenvalue weighted by Gasteiger charge is 2.12. The molecule has 0 aliphatic heterocycles. The van der Waals surface area contributed by atoms with Crippen LogP contribution in [0.3, 0.4) is 0 Å². The Balaban J connectivity index is 2.20. The fourth-order valence-corrected chi connectivity index (χ4v) is 2.67. The molecule has 0 spiro atoms. The van der Waals surface area contributed by atoms with Crippen molar-refractivity contribution in [2.24, 2.45) is 0 Å². The van der Waals surface area contributed by atoms with E-state index in [4.69, 9.17) is 10.5 Å². The highest BCUT2D eigenvalue weighted by molar-refractivity contribution is 6.01. The minimum Gasteiger partial charge on any atom is -0.465 e. The average molecular weight is 302 g/mol. The van der Waals surface area contributed by atoms with Crippen LogP contribution in [0.15, 0.2) is 54.6 Å². The summed E-state index contributed by atoms with van der Waals surface area (Å²) < 4.78 is 4.71. The van der Waals surface area contributed by atoms with Crippen molar-refractivity contribution in [2.45, 2.75) is 0 Å². The third-order valence-electron chi connectivity index (χ3n) is 3.81. The number of nitrogens with zero attached hydrogens (tertiary/aromatic N) is 1. The van der Waals surface area contributed by atoms with E-state index in [1.807, 2.05) is 36.4 Å². The third-order valence-corrected chi connectivity index (χ3v) is 3.81. The van der Waals surface area contributed by atoms with Crippen molar-refractivity contribution in [3.8, 4) is 17.2 Å². The summed E-state index contributed by atoms with van der Waals surface area (Å²) in [5.74, 6) is -0.460. The monoisotopic (exact) mass is 302 g/mol. The van der Waals surface area contributed by atoms with Gasteiger partial charge in [-0.15, -0.1) is 0 Å². The second-order valence-corrected chi connectivity index (χ2v) is 5.11. The van der Waals surface area contributed by atoms with Gasteiger partial charge in [0, 0.05) is 11.1 Å². The Bertz CT molecular complexity index is 955. The fourth-order valence-electron chi connectivity index (χ4n) is 2.67.